The molecule has 3 aromatic rings. The van der Waals surface area contributed by atoms with Crippen LogP contribution in [-0.2, 0) is 11.2 Å². The maximum Gasteiger partial charge on any atom is 0.410 e. The fraction of sp³-hybridized carbons (Fsp3) is 0.429. The first-order valence-corrected chi connectivity index (χ1v) is 10.2. The Morgan fingerprint density at radius 2 is 2.10 bits per heavy atom. The van der Waals surface area contributed by atoms with E-state index in [9.17, 15) is 4.79 Å². The van der Waals surface area contributed by atoms with Crippen LogP contribution in [-0.4, -0.2) is 62.7 Å². The molecule has 0 radical (unpaired) electrons. The molecular formula is C21H24N6O2. The molecule has 2 aliphatic rings. The molecule has 0 aromatic carbocycles. The van der Waals surface area contributed by atoms with Crippen LogP contribution >= 0.6 is 0 Å². The number of carbonyl (C=O) groups is 1. The molecule has 2 saturated heterocycles. The number of nitrogens with one attached hydrogen (secondary N) is 1. The number of nitrogens with zero attached hydrogens (tertiary/aromatic N) is 5. The van der Waals surface area contributed by atoms with Crippen LogP contribution in [0.25, 0.3) is 11.0 Å². The minimum Gasteiger partial charge on any atom is -0.449 e. The molecule has 2 fully saturated rings. The second-order valence-electron chi connectivity index (χ2n) is 7.58. The van der Waals surface area contributed by atoms with Crippen molar-refractivity contribution in [1.29, 1.82) is 0 Å². The molecule has 2 aliphatic heterocycles. The molecule has 0 spiro atoms. The molecule has 3 aromatic heterocycles. The van der Waals surface area contributed by atoms with Crippen LogP contribution in [0, 0.1) is 0 Å². The molecule has 1 N–H and O–H groups in total. The Labute approximate surface area is 168 Å². The molecule has 8 nitrogen and oxygen atoms in total. The summed E-state index contributed by atoms with van der Waals surface area (Å²) in [5.74, 6) is 0.953. The number of rotatable bonds is 4. The van der Waals surface area contributed by atoms with E-state index in [2.05, 4.69) is 24.8 Å². The monoisotopic (exact) mass is 392 g/mol. The molecular weight excluding hydrogens is 368 g/mol. The van der Waals surface area contributed by atoms with Gasteiger partial charge < -0.3 is 19.5 Å². The lowest BCUT2D eigenvalue weighted by Gasteiger charge is -2.39. The molecule has 0 bridgehead atoms. The Bertz CT molecular complexity index is 991. The lowest BCUT2D eigenvalue weighted by atomic mass is 9.97. The number of likely N-dealkylation sites (tertiary alicyclic amines) is 1. The number of aromatic nitrogens is 4. The first-order chi connectivity index (χ1) is 14.3. The van der Waals surface area contributed by atoms with Gasteiger partial charge in [0, 0.05) is 37.6 Å². The van der Waals surface area contributed by atoms with Gasteiger partial charge in [-0.2, -0.15) is 0 Å². The zero-order valence-electron chi connectivity index (χ0n) is 16.2. The highest BCUT2D eigenvalue weighted by Gasteiger charge is 2.43. The predicted molar refractivity (Wildman–Crippen MR) is 109 cm³/mol. The summed E-state index contributed by atoms with van der Waals surface area (Å²) in [7, 11) is 0. The number of pyridine rings is 1. The van der Waals surface area contributed by atoms with E-state index < -0.39 is 0 Å². The van der Waals surface area contributed by atoms with Crippen LogP contribution < -0.4 is 4.90 Å². The van der Waals surface area contributed by atoms with E-state index in [-0.39, 0.29) is 18.2 Å². The highest BCUT2D eigenvalue weighted by Crippen LogP contribution is 2.36. The number of H-pyrrole nitrogens is 1. The topological polar surface area (TPSA) is 87.2 Å². The van der Waals surface area contributed by atoms with Gasteiger partial charge in [0.25, 0.3) is 0 Å². The largest absolute Gasteiger partial charge is 0.449 e. The Morgan fingerprint density at radius 1 is 1.14 bits per heavy atom. The lowest BCUT2D eigenvalue weighted by Crippen LogP contribution is -2.52. The van der Waals surface area contributed by atoms with Crippen molar-refractivity contribution < 1.29 is 9.53 Å². The van der Waals surface area contributed by atoms with Gasteiger partial charge >= 0.3 is 6.09 Å². The zero-order valence-corrected chi connectivity index (χ0v) is 16.2. The summed E-state index contributed by atoms with van der Waals surface area (Å²) in [4.78, 5) is 33.3. The number of piperidine rings is 1. The Balaban J connectivity index is 1.27. The van der Waals surface area contributed by atoms with Gasteiger partial charge in [0.05, 0.1) is 24.1 Å². The molecule has 2 atom stereocenters. The van der Waals surface area contributed by atoms with Gasteiger partial charge in [0.15, 0.2) is 0 Å². The van der Waals surface area contributed by atoms with Crippen LogP contribution in [0.3, 0.4) is 0 Å². The number of anilines is 1. The SMILES string of the molecule is O=C(OCCc1ccccn1)N1CCC[C@@H]2[C@H]1CCN2c1ncnc2[nH]ccc12. The third-order valence-electron chi connectivity index (χ3n) is 5.96. The van der Waals surface area contributed by atoms with Gasteiger partial charge in [0.1, 0.15) is 17.8 Å². The van der Waals surface area contributed by atoms with Crippen LogP contribution in [0.2, 0.25) is 0 Å². The summed E-state index contributed by atoms with van der Waals surface area (Å²) < 4.78 is 5.59. The van der Waals surface area contributed by atoms with E-state index in [1.807, 2.05) is 35.4 Å². The first kappa shape index (κ1) is 17.9. The van der Waals surface area contributed by atoms with Gasteiger partial charge in [-0.3, -0.25) is 4.98 Å². The number of ether oxygens (including phenoxy) is 1. The smallest absolute Gasteiger partial charge is 0.410 e. The molecule has 8 heteroatoms. The van der Waals surface area contributed by atoms with Crippen molar-refractivity contribution in [2.75, 3.05) is 24.6 Å². The summed E-state index contributed by atoms with van der Waals surface area (Å²) in [5, 5.41) is 1.03. The molecule has 5 rings (SSSR count). The van der Waals surface area contributed by atoms with Gasteiger partial charge in [-0.25, -0.2) is 14.8 Å². The fourth-order valence-electron chi connectivity index (χ4n) is 4.63. The predicted octanol–water partition coefficient (Wildman–Crippen LogP) is 2.78. The Hall–Kier alpha value is -3.16. The minimum atomic E-state index is -0.216. The number of hydrogen-bond acceptors (Lipinski definition) is 6. The normalized spacial score (nSPS) is 21.4. The van der Waals surface area contributed by atoms with E-state index in [1.165, 1.54) is 0 Å². The van der Waals surface area contributed by atoms with Crippen LogP contribution in [0.5, 0.6) is 0 Å². The molecule has 1 amide bonds. The van der Waals surface area contributed by atoms with Gasteiger partial charge in [-0.05, 0) is 37.5 Å². The van der Waals surface area contributed by atoms with Crippen molar-refractivity contribution in [3.63, 3.8) is 0 Å². The van der Waals surface area contributed by atoms with E-state index in [4.69, 9.17) is 4.74 Å². The maximum atomic E-state index is 12.8. The molecule has 0 saturated carbocycles. The number of fused-ring (bicyclic) bond motifs is 2. The molecule has 0 unspecified atom stereocenters. The summed E-state index contributed by atoms with van der Waals surface area (Å²) in [6, 6.07) is 8.22. The molecule has 5 heterocycles. The second kappa shape index (κ2) is 7.69. The van der Waals surface area contributed by atoms with Crippen molar-refractivity contribution in [1.82, 2.24) is 24.8 Å². The number of amides is 1. The van der Waals surface area contributed by atoms with Gasteiger partial charge in [-0.15, -0.1) is 0 Å². The van der Waals surface area contributed by atoms with Crippen LogP contribution in [0.4, 0.5) is 10.6 Å². The Kier molecular flexibility index (Phi) is 4.75. The lowest BCUT2D eigenvalue weighted by molar-refractivity contribution is 0.0728. The average molecular weight is 392 g/mol. The first-order valence-electron chi connectivity index (χ1n) is 10.2. The van der Waals surface area contributed by atoms with E-state index in [0.29, 0.717) is 13.0 Å². The minimum absolute atomic E-state index is 0.162. The third-order valence-corrected chi connectivity index (χ3v) is 5.96. The standard InChI is InChI=1S/C21H24N6O2/c28-21(29-13-8-15-4-1-2-9-22-15)27-11-3-5-17-18(27)7-12-26(17)20-16-6-10-23-19(16)24-14-25-20/h1-2,4,6,9-10,14,17-18H,3,5,7-8,11-13H2,(H,23,24,25)/t17-,18-/m1/s1. The molecule has 29 heavy (non-hydrogen) atoms. The summed E-state index contributed by atoms with van der Waals surface area (Å²) in [6.07, 6.45) is 8.62. The van der Waals surface area contributed by atoms with Crippen LogP contribution in [0.1, 0.15) is 25.0 Å². The fourth-order valence-corrected chi connectivity index (χ4v) is 4.63. The van der Waals surface area contributed by atoms with Crippen molar-refractivity contribution in [2.45, 2.75) is 37.8 Å². The van der Waals surface area contributed by atoms with E-state index in [1.54, 1.807) is 12.5 Å². The Morgan fingerprint density at radius 3 is 3.00 bits per heavy atom. The maximum absolute atomic E-state index is 12.8. The van der Waals surface area contributed by atoms with Crippen LogP contribution in [0.15, 0.2) is 43.0 Å². The van der Waals surface area contributed by atoms with Crippen molar-refractivity contribution in [3.05, 3.63) is 48.7 Å². The quantitative estimate of drug-likeness (QED) is 0.735. The van der Waals surface area contributed by atoms with E-state index >= 15 is 0 Å². The third kappa shape index (κ3) is 3.39. The molecule has 0 aliphatic carbocycles. The highest BCUT2D eigenvalue weighted by molar-refractivity contribution is 5.87. The number of hydrogen-bond donors (Lipinski definition) is 1. The van der Waals surface area contributed by atoms with E-state index in [0.717, 1.165) is 54.9 Å². The van der Waals surface area contributed by atoms with Crippen molar-refractivity contribution in [2.24, 2.45) is 0 Å². The van der Waals surface area contributed by atoms with Crippen molar-refractivity contribution >= 4 is 22.9 Å². The zero-order chi connectivity index (χ0) is 19.6. The van der Waals surface area contributed by atoms with Gasteiger partial charge in [0.2, 0.25) is 0 Å². The number of carbonyl (C=O) groups excluding carboxylic acids is 1. The molecule has 150 valence electrons. The number of aromatic amines is 1. The summed E-state index contributed by atoms with van der Waals surface area (Å²) in [6.45, 7) is 1.98. The second-order valence-corrected chi connectivity index (χ2v) is 7.58. The highest BCUT2D eigenvalue weighted by atomic mass is 16.6. The van der Waals surface area contributed by atoms with Gasteiger partial charge in [-0.1, -0.05) is 6.07 Å². The van der Waals surface area contributed by atoms with Crippen molar-refractivity contribution in [3.8, 4) is 0 Å². The average Bonchev–Trinajstić information content (AvgIpc) is 3.41. The summed E-state index contributed by atoms with van der Waals surface area (Å²) in [5.41, 5.74) is 1.78. The summed E-state index contributed by atoms with van der Waals surface area (Å²) >= 11 is 0.